The summed E-state index contributed by atoms with van der Waals surface area (Å²) < 4.78 is 0. The Morgan fingerprint density at radius 3 is 3.06 bits per heavy atom. The molecule has 2 heterocycles. The van der Waals surface area contributed by atoms with Crippen molar-refractivity contribution in [3.8, 4) is 0 Å². The molecule has 0 bridgehead atoms. The zero-order valence-corrected chi connectivity index (χ0v) is 9.84. The molecule has 3 atom stereocenters. The van der Waals surface area contributed by atoms with Gasteiger partial charge in [-0.1, -0.05) is 6.08 Å². The van der Waals surface area contributed by atoms with Gasteiger partial charge in [-0.3, -0.25) is 4.79 Å². The number of dihydropyridines is 1. The first-order chi connectivity index (χ1) is 8.08. The van der Waals surface area contributed by atoms with E-state index >= 15 is 0 Å². The van der Waals surface area contributed by atoms with Crippen LogP contribution in [-0.4, -0.2) is 52.4 Å². The van der Waals surface area contributed by atoms with Crippen molar-refractivity contribution in [3.05, 3.63) is 23.9 Å². The lowest BCUT2D eigenvalue weighted by molar-refractivity contribution is -0.133. The number of hydrogen-bond acceptors (Lipinski definition) is 4. The third kappa shape index (κ3) is 2.68. The van der Waals surface area contributed by atoms with E-state index in [4.69, 9.17) is 5.11 Å². The van der Waals surface area contributed by atoms with Gasteiger partial charge in [0.15, 0.2) is 0 Å². The summed E-state index contributed by atoms with van der Waals surface area (Å²) in [6.07, 6.45) is 3.93. The maximum atomic E-state index is 11.9. The van der Waals surface area contributed by atoms with E-state index in [1.165, 1.54) is 12.5 Å². The smallest absolute Gasteiger partial charge is 0.225 e. The molecule has 94 valence electrons. The molecule has 2 aliphatic heterocycles. The molecule has 0 aromatic carbocycles. The number of allylic oxidation sites excluding steroid dienone is 2. The van der Waals surface area contributed by atoms with E-state index in [9.17, 15) is 9.90 Å². The lowest BCUT2D eigenvalue weighted by Gasteiger charge is -2.19. The van der Waals surface area contributed by atoms with Gasteiger partial charge in [0.1, 0.15) is 0 Å². The molecule has 5 nitrogen and oxygen atoms in total. The summed E-state index contributed by atoms with van der Waals surface area (Å²) in [6.45, 7) is 2.71. The van der Waals surface area contributed by atoms with Crippen LogP contribution in [-0.2, 0) is 4.79 Å². The first-order valence-electron chi connectivity index (χ1n) is 5.83. The number of rotatable bonds is 3. The van der Waals surface area contributed by atoms with Crippen molar-refractivity contribution < 1.29 is 15.0 Å². The van der Waals surface area contributed by atoms with Crippen LogP contribution >= 0.6 is 0 Å². The van der Waals surface area contributed by atoms with Crippen LogP contribution in [0, 0.1) is 0 Å². The largest absolute Gasteiger partial charge is 0.391 e. The van der Waals surface area contributed by atoms with Gasteiger partial charge in [0, 0.05) is 13.1 Å². The summed E-state index contributed by atoms with van der Waals surface area (Å²) in [5.74, 6) is -0.115. The monoisotopic (exact) mass is 238 g/mol. The van der Waals surface area contributed by atoms with Crippen molar-refractivity contribution in [2.24, 2.45) is 0 Å². The fraction of sp³-hybridized carbons (Fsp3) is 0.583. The summed E-state index contributed by atoms with van der Waals surface area (Å²) >= 11 is 0. The van der Waals surface area contributed by atoms with Crippen LogP contribution in [0.1, 0.15) is 13.3 Å². The third-order valence-corrected chi connectivity index (χ3v) is 3.22. The minimum Gasteiger partial charge on any atom is -0.391 e. The topological polar surface area (TPSA) is 72.8 Å². The number of nitrogens with one attached hydrogen (secondary N) is 1. The van der Waals surface area contributed by atoms with Gasteiger partial charge >= 0.3 is 0 Å². The number of nitrogens with zero attached hydrogens (tertiary/aromatic N) is 1. The molecule has 1 amide bonds. The minimum atomic E-state index is -0.981. The maximum absolute atomic E-state index is 11.9. The molecule has 3 N–H and O–H groups in total. The van der Waals surface area contributed by atoms with Crippen molar-refractivity contribution in [2.75, 3.05) is 13.1 Å². The van der Waals surface area contributed by atoms with Crippen molar-refractivity contribution in [3.63, 3.8) is 0 Å². The fourth-order valence-electron chi connectivity index (χ4n) is 2.07. The summed E-state index contributed by atoms with van der Waals surface area (Å²) in [7, 11) is 0. The van der Waals surface area contributed by atoms with Crippen molar-refractivity contribution >= 4 is 5.91 Å². The lowest BCUT2D eigenvalue weighted by Crippen LogP contribution is -2.37. The minimum absolute atomic E-state index is 0.0227. The zero-order valence-electron chi connectivity index (χ0n) is 9.84. The molecule has 2 rings (SSSR count). The second kappa shape index (κ2) is 4.89. The highest BCUT2D eigenvalue weighted by Crippen LogP contribution is 2.19. The SMILES string of the molecule is C[C@H](O)[C@@H](O)CC(=O)N1CC2=CC=CNC2C1. The number of aliphatic hydroxyl groups excluding tert-OH is 2. The molecule has 17 heavy (non-hydrogen) atoms. The molecule has 0 saturated carbocycles. The molecule has 1 unspecified atom stereocenters. The Bertz CT molecular complexity index is 363. The van der Waals surface area contributed by atoms with Gasteiger partial charge in [0.25, 0.3) is 0 Å². The van der Waals surface area contributed by atoms with Gasteiger partial charge in [-0.05, 0) is 24.8 Å². The molecule has 1 saturated heterocycles. The molecule has 5 heteroatoms. The van der Waals surface area contributed by atoms with Crippen LogP contribution in [0.15, 0.2) is 23.9 Å². The number of fused-ring (bicyclic) bond motifs is 1. The average Bonchev–Trinajstić information content (AvgIpc) is 2.72. The highest BCUT2D eigenvalue weighted by molar-refractivity contribution is 5.78. The summed E-state index contributed by atoms with van der Waals surface area (Å²) in [4.78, 5) is 13.6. The van der Waals surface area contributed by atoms with Crippen LogP contribution in [0.25, 0.3) is 0 Å². The molecule has 2 aliphatic rings. The highest BCUT2D eigenvalue weighted by Gasteiger charge is 2.31. The van der Waals surface area contributed by atoms with E-state index in [-0.39, 0.29) is 18.4 Å². The van der Waals surface area contributed by atoms with Gasteiger partial charge in [0.05, 0.1) is 24.7 Å². The first-order valence-corrected chi connectivity index (χ1v) is 5.83. The van der Waals surface area contributed by atoms with E-state index in [0.29, 0.717) is 13.1 Å². The fourth-order valence-corrected chi connectivity index (χ4v) is 2.07. The summed E-state index contributed by atoms with van der Waals surface area (Å²) in [6, 6.07) is 0.202. The van der Waals surface area contributed by atoms with Crippen molar-refractivity contribution in [2.45, 2.75) is 31.6 Å². The summed E-state index contributed by atoms with van der Waals surface area (Å²) in [5, 5.41) is 21.8. The predicted molar refractivity (Wildman–Crippen MR) is 63.0 cm³/mol. The zero-order chi connectivity index (χ0) is 12.4. The Kier molecular flexibility index (Phi) is 3.49. The van der Waals surface area contributed by atoms with E-state index < -0.39 is 12.2 Å². The molecule has 0 radical (unpaired) electrons. The predicted octanol–water partition coefficient (Wildman–Crippen LogP) is -0.628. The Hall–Kier alpha value is -1.33. The van der Waals surface area contributed by atoms with E-state index in [1.54, 1.807) is 4.90 Å². The molecular formula is C12H18N2O3. The third-order valence-electron chi connectivity index (χ3n) is 3.22. The molecule has 0 aliphatic carbocycles. The normalized spacial score (nSPS) is 25.9. The van der Waals surface area contributed by atoms with Crippen LogP contribution in [0.3, 0.4) is 0 Å². The number of carbonyl (C=O) groups is 1. The van der Waals surface area contributed by atoms with Crippen molar-refractivity contribution in [1.82, 2.24) is 10.2 Å². The average molecular weight is 238 g/mol. The van der Waals surface area contributed by atoms with Crippen LogP contribution in [0.4, 0.5) is 0 Å². The Labute approximate surface area is 100 Å². The van der Waals surface area contributed by atoms with Crippen molar-refractivity contribution in [1.29, 1.82) is 0 Å². The van der Waals surface area contributed by atoms with Gasteiger partial charge in [-0.2, -0.15) is 0 Å². The highest BCUT2D eigenvalue weighted by atomic mass is 16.3. The van der Waals surface area contributed by atoms with E-state index in [1.807, 2.05) is 18.4 Å². The molecule has 0 spiro atoms. The van der Waals surface area contributed by atoms with Gasteiger partial charge < -0.3 is 20.4 Å². The number of aliphatic hydroxyl groups is 2. The number of amides is 1. The van der Waals surface area contributed by atoms with E-state index in [2.05, 4.69) is 5.32 Å². The maximum Gasteiger partial charge on any atom is 0.225 e. The molecule has 0 aromatic heterocycles. The van der Waals surface area contributed by atoms with Gasteiger partial charge in [-0.25, -0.2) is 0 Å². The van der Waals surface area contributed by atoms with Crippen LogP contribution < -0.4 is 5.32 Å². The number of likely N-dealkylation sites (tertiary alicyclic amines) is 1. The first kappa shape index (κ1) is 12.1. The number of carbonyl (C=O) groups excluding carboxylic acids is 1. The Morgan fingerprint density at radius 1 is 1.65 bits per heavy atom. The van der Waals surface area contributed by atoms with Gasteiger partial charge in [0.2, 0.25) is 5.91 Å². The van der Waals surface area contributed by atoms with Gasteiger partial charge in [-0.15, -0.1) is 0 Å². The Balaban J connectivity index is 1.91. The second-order valence-corrected chi connectivity index (χ2v) is 4.61. The second-order valence-electron chi connectivity index (χ2n) is 4.61. The quantitative estimate of drug-likeness (QED) is 0.612. The molecule has 0 aromatic rings. The number of hydrogen-bond donors (Lipinski definition) is 3. The Morgan fingerprint density at radius 2 is 2.41 bits per heavy atom. The molecule has 1 fully saturated rings. The molecular weight excluding hydrogens is 220 g/mol. The standard InChI is InChI=1S/C12H18N2O3/c1-8(15)11(16)5-12(17)14-6-9-3-2-4-13-10(9)7-14/h2-4,8,10-11,13,15-16H,5-7H2,1H3/t8-,10?,11-/m0/s1. The van der Waals surface area contributed by atoms with Crippen LogP contribution in [0.5, 0.6) is 0 Å². The lowest BCUT2D eigenvalue weighted by atomic mass is 10.1. The van der Waals surface area contributed by atoms with Crippen LogP contribution in [0.2, 0.25) is 0 Å². The van der Waals surface area contributed by atoms with E-state index in [0.717, 1.165) is 0 Å². The summed E-state index contributed by atoms with van der Waals surface area (Å²) in [5.41, 5.74) is 1.19.